The molecule has 0 bridgehead atoms. The van der Waals surface area contributed by atoms with Gasteiger partial charge in [-0.15, -0.1) is 0 Å². The first-order valence-electron chi connectivity index (χ1n) is 16.5. The number of nitriles is 2. The second-order valence-corrected chi connectivity index (χ2v) is 12.4. The summed E-state index contributed by atoms with van der Waals surface area (Å²) in [5.41, 5.74) is 12.9. The van der Waals surface area contributed by atoms with E-state index in [1.54, 1.807) is 0 Å². The standard InChI is InChI=1S/C45H27N5/c46-28-32(29-47)44-34-13-1-3-15-36(34)45(37-16-4-2-14-35(37)44)38-17-5-7-21-42(38)50(43-22-8-6-18-39(43)45)33-26-30(40-19-9-11-23-48-40)25-31(27-33)41-20-10-12-24-49-41/h1-27H. The van der Waals surface area contributed by atoms with Crippen LogP contribution in [0.4, 0.5) is 17.1 Å². The summed E-state index contributed by atoms with van der Waals surface area (Å²) in [6, 6.07) is 56.6. The number of allylic oxidation sites excluding steroid dienone is 1. The van der Waals surface area contributed by atoms with E-state index < -0.39 is 5.41 Å². The minimum Gasteiger partial charge on any atom is -0.310 e. The molecule has 50 heavy (non-hydrogen) atoms. The fourth-order valence-corrected chi connectivity index (χ4v) is 7.96. The number of hydrogen-bond acceptors (Lipinski definition) is 5. The second kappa shape index (κ2) is 11.6. The third-order valence-electron chi connectivity index (χ3n) is 9.87. The fourth-order valence-electron chi connectivity index (χ4n) is 7.96. The lowest BCUT2D eigenvalue weighted by atomic mass is 9.56. The Morgan fingerprint density at radius 2 is 0.940 bits per heavy atom. The fraction of sp³-hybridized carbons (Fsp3) is 0.0222. The summed E-state index contributed by atoms with van der Waals surface area (Å²) in [4.78, 5) is 11.8. The van der Waals surface area contributed by atoms with Crippen LogP contribution in [0.1, 0.15) is 33.4 Å². The normalized spacial score (nSPS) is 13.2. The van der Waals surface area contributed by atoms with Gasteiger partial charge in [0, 0.05) is 34.8 Å². The first-order valence-corrected chi connectivity index (χ1v) is 16.5. The van der Waals surface area contributed by atoms with Gasteiger partial charge in [0.05, 0.1) is 28.2 Å². The van der Waals surface area contributed by atoms with Crippen LogP contribution >= 0.6 is 0 Å². The number of aromatic nitrogens is 2. The van der Waals surface area contributed by atoms with E-state index in [0.717, 1.165) is 73.0 Å². The van der Waals surface area contributed by atoms with Crippen molar-refractivity contribution in [3.05, 3.63) is 203 Å². The van der Waals surface area contributed by atoms with Crippen molar-refractivity contribution in [3.8, 4) is 34.7 Å². The van der Waals surface area contributed by atoms with Crippen molar-refractivity contribution >= 4 is 22.6 Å². The van der Waals surface area contributed by atoms with Crippen LogP contribution in [0.2, 0.25) is 0 Å². The number of nitrogens with zero attached hydrogens (tertiary/aromatic N) is 5. The number of fused-ring (bicyclic) bond motifs is 8. The van der Waals surface area contributed by atoms with Gasteiger partial charge in [-0.1, -0.05) is 97.1 Å². The number of benzene rings is 5. The number of rotatable bonds is 3. The first kappa shape index (κ1) is 29.1. The molecule has 2 aromatic heterocycles. The molecule has 5 heteroatoms. The van der Waals surface area contributed by atoms with E-state index in [1.807, 2.05) is 73.1 Å². The molecule has 5 nitrogen and oxygen atoms in total. The van der Waals surface area contributed by atoms with E-state index in [4.69, 9.17) is 9.97 Å². The van der Waals surface area contributed by atoms with Gasteiger partial charge >= 0.3 is 0 Å². The first-order chi connectivity index (χ1) is 24.7. The molecule has 2 aliphatic rings. The summed E-state index contributed by atoms with van der Waals surface area (Å²) in [6.45, 7) is 0. The molecular formula is C45H27N5. The molecule has 0 N–H and O–H groups in total. The highest BCUT2D eigenvalue weighted by Crippen LogP contribution is 2.62. The summed E-state index contributed by atoms with van der Waals surface area (Å²) in [6.07, 6.45) is 3.64. The largest absolute Gasteiger partial charge is 0.310 e. The van der Waals surface area contributed by atoms with Gasteiger partial charge in [-0.05, 0) is 88.0 Å². The van der Waals surface area contributed by atoms with E-state index in [0.29, 0.717) is 5.57 Å². The Bertz CT molecular complexity index is 2400. The maximum Gasteiger partial charge on any atom is 0.138 e. The molecule has 3 heterocycles. The minimum atomic E-state index is -0.737. The number of pyridine rings is 2. The summed E-state index contributed by atoms with van der Waals surface area (Å²) < 4.78 is 0. The molecule has 1 aliphatic heterocycles. The molecule has 0 fully saturated rings. The van der Waals surface area contributed by atoms with Crippen molar-refractivity contribution in [2.24, 2.45) is 0 Å². The third-order valence-corrected chi connectivity index (χ3v) is 9.87. The van der Waals surface area contributed by atoms with Crippen LogP contribution in [-0.2, 0) is 5.41 Å². The highest BCUT2D eigenvalue weighted by Gasteiger charge is 2.51. The Kier molecular flexibility index (Phi) is 6.73. The number of hydrogen-bond donors (Lipinski definition) is 0. The molecule has 0 amide bonds. The molecule has 0 radical (unpaired) electrons. The van der Waals surface area contributed by atoms with Crippen molar-refractivity contribution in [2.75, 3.05) is 4.90 Å². The molecule has 7 aromatic rings. The SMILES string of the molecule is N#CC(C#N)=C1c2ccccc2C2(c3ccccc31)c1ccccc1N(c1cc(-c3ccccn3)cc(-c3ccccn3)c1)c1ccccc12. The Balaban J connectivity index is 1.39. The molecule has 1 spiro atoms. The van der Waals surface area contributed by atoms with Crippen LogP contribution in [0.25, 0.3) is 28.1 Å². The third kappa shape index (κ3) is 4.18. The van der Waals surface area contributed by atoms with Crippen LogP contribution in [0.15, 0.2) is 170 Å². The van der Waals surface area contributed by atoms with Gasteiger partial charge in [0.15, 0.2) is 0 Å². The quantitative estimate of drug-likeness (QED) is 0.180. The van der Waals surface area contributed by atoms with E-state index in [9.17, 15) is 10.5 Å². The monoisotopic (exact) mass is 637 g/mol. The van der Waals surface area contributed by atoms with E-state index in [-0.39, 0.29) is 5.57 Å². The molecule has 1 aliphatic carbocycles. The van der Waals surface area contributed by atoms with E-state index >= 15 is 0 Å². The lowest BCUT2D eigenvalue weighted by Gasteiger charge is -2.49. The smallest absolute Gasteiger partial charge is 0.138 e. The van der Waals surface area contributed by atoms with Crippen molar-refractivity contribution in [1.29, 1.82) is 10.5 Å². The van der Waals surface area contributed by atoms with Crippen LogP contribution in [0, 0.1) is 22.7 Å². The topological polar surface area (TPSA) is 76.6 Å². The average molecular weight is 638 g/mol. The lowest BCUT2D eigenvalue weighted by molar-refractivity contribution is 0.718. The maximum atomic E-state index is 10.2. The van der Waals surface area contributed by atoms with E-state index in [2.05, 4.69) is 108 Å². The molecule has 9 rings (SSSR count). The molecular weight excluding hydrogens is 611 g/mol. The Morgan fingerprint density at radius 1 is 0.500 bits per heavy atom. The molecule has 5 aromatic carbocycles. The van der Waals surface area contributed by atoms with Gasteiger partial charge in [-0.25, -0.2) is 0 Å². The predicted molar refractivity (Wildman–Crippen MR) is 197 cm³/mol. The summed E-state index contributed by atoms with van der Waals surface area (Å²) in [5.74, 6) is 0. The summed E-state index contributed by atoms with van der Waals surface area (Å²) in [7, 11) is 0. The summed E-state index contributed by atoms with van der Waals surface area (Å²) >= 11 is 0. The highest BCUT2D eigenvalue weighted by molar-refractivity contribution is 5.99. The zero-order valence-corrected chi connectivity index (χ0v) is 26.8. The van der Waals surface area contributed by atoms with Crippen LogP contribution in [-0.4, -0.2) is 9.97 Å². The van der Waals surface area contributed by atoms with Crippen LogP contribution < -0.4 is 4.90 Å². The molecule has 0 atom stereocenters. The molecule has 0 saturated heterocycles. The second-order valence-electron chi connectivity index (χ2n) is 12.4. The van der Waals surface area contributed by atoms with Crippen molar-refractivity contribution in [1.82, 2.24) is 9.97 Å². The maximum absolute atomic E-state index is 10.2. The van der Waals surface area contributed by atoms with Crippen molar-refractivity contribution in [2.45, 2.75) is 5.41 Å². The van der Waals surface area contributed by atoms with Gasteiger partial charge < -0.3 is 4.90 Å². The van der Waals surface area contributed by atoms with Gasteiger partial charge in [-0.2, -0.15) is 10.5 Å². The van der Waals surface area contributed by atoms with Crippen molar-refractivity contribution in [3.63, 3.8) is 0 Å². The Morgan fingerprint density at radius 3 is 1.40 bits per heavy atom. The molecule has 0 unspecified atom stereocenters. The van der Waals surface area contributed by atoms with Gasteiger partial charge in [0.1, 0.15) is 17.7 Å². The van der Waals surface area contributed by atoms with Gasteiger partial charge in [0.2, 0.25) is 0 Å². The summed E-state index contributed by atoms with van der Waals surface area (Å²) in [5, 5.41) is 20.3. The lowest BCUT2D eigenvalue weighted by Crippen LogP contribution is -2.40. The van der Waals surface area contributed by atoms with Crippen molar-refractivity contribution < 1.29 is 0 Å². The van der Waals surface area contributed by atoms with Gasteiger partial charge in [-0.3, -0.25) is 9.97 Å². The number of para-hydroxylation sites is 2. The average Bonchev–Trinajstić information content (AvgIpc) is 3.19. The molecule has 232 valence electrons. The van der Waals surface area contributed by atoms with E-state index in [1.165, 1.54) is 0 Å². The van der Waals surface area contributed by atoms with Crippen LogP contribution in [0.5, 0.6) is 0 Å². The van der Waals surface area contributed by atoms with Gasteiger partial charge in [0.25, 0.3) is 0 Å². The zero-order valence-electron chi connectivity index (χ0n) is 26.8. The minimum absolute atomic E-state index is 0.104. The molecule has 0 saturated carbocycles. The predicted octanol–water partition coefficient (Wildman–Crippen LogP) is 10.1. The zero-order chi connectivity index (χ0) is 33.7. The highest BCUT2D eigenvalue weighted by atomic mass is 15.2. The Hall–Kier alpha value is -7.08. The Labute approximate surface area is 290 Å². The number of anilines is 3. The van der Waals surface area contributed by atoms with Crippen LogP contribution in [0.3, 0.4) is 0 Å².